The Morgan fingerprint density at radius 2 is 2.50 bits per heavy atom. The molecule has 2 heterocycles. The van der Waals surface area contributed by atoms with Crippen molar-refractivity contribution in [2.45, 2.75) is 24.4 Å². The summed E-state index contributed by atoms with van der Waals surface area (Å²) in [6.45, 7) is 0. The van der Waals surface area contributed by atoms with E-state index in [1.807, 2.05) is 0 Å². The number of amides is 1. The number of aliphatic hydroxyl groups excluding tert-OH is 1. The summed E-state index contributed by atoms with van der Waals surface area (Å²) in [4.78, 5) is 12.4. The highest BCUT2D eigenvalue weighted by molar-refractivity contribution is 8.00. The molecule has 2 aliphatic heterocycles. The largest absolute Gasteiger partial charge is 0.373 e. The topological polar surface area (TPSA) is 40.5 Å². The second-order valence-corrected chi connectivity index (χ2v) is 3.89. The molecule has 0 aromatic carbocycles. The first-order chi connectivity index (χ1) is 4.79. The molecule has 1 amide bonds. The summed E-state index contributed by atoms with van der Waals surface area (Å²) in [7, 11) is 0. The van der Waals surface area contributed by atoms with Gasteiger partial charge in [0.2, 0.25) is 5.91 Å². The highest BCUT2D eigenvalue weighted by Gasteiger charge is 2.42. The van der Waals surface area contributed by atoms with E-state index < -0.39 is 6.23 Å². The van der Waals surface area contributed by atoms with Crippen LogP contribution in [0.5, 0.6) is 0 Å². The van der Waals surface area contributed by atoms with Crippen LogP contribution in [0.1, 0.15) is 12.8 Å². The second-order valence-electron chi connectivity index (χ2n) is 2.60. The van der Waals surface area contributed by atoms with Crippen LogP contribution in [0.2, 0.25) is 0 Å². The predicted octanol–water partition coefficient (Wildman–Crippen LogP) is 0.000100. The van der Waals surface area contributed by atoms with Gasteiger partial charge in [0.25, 0.3) is 0 Å². The lowest BCUT2D eigenvalue weighted by Gasteiger charge is -2.46. The summed E-state index contributed by atoms with van der Waals surface area (Å²) < 4.78 is 0. The lowest BCUT2D eigenvalue weighted by Crippen LogP contribution is -2.58. The fourth-order valence-corrected chi connectivity index (χ4v) is 2.65. The van der Waals surface area contributed by atoms with Gasteiger partial charge in [-0.2, -0.15) is 0 Å². The summed E-state index contributed by atoms with van der Waals surface area (Å²) in [6, 6.07) is 0. The molecular weight excluding hydrogens is 150 g/mol. The molecule has 2 rings (SSSR count). The van der Waals surface area contributed by atoms with Crippen molar-refractivity contribution in [2.75, 3.05) is 5.75 Å². The van der Waals surface area contributed by atoms with Crippen LogP contribution in [0.25, 0.3) is 0 Å². The summed E-state index contributed by atoms with van der Waals surface area (Å²) in [6.07, 6.45) is 0.863. The van der Waals surface area contributed by atoms with Gasteiger partial charge in [0.15, 0.2) is 0 Å². The van der Waals surface area contributed by atoms with Gasteiger partial charge < -0.3 is 10.0 Å². The van der Waals surface area contributed by atoms with Gasteiger partial charge in [0.05, 0.1) is 11.8 Å². The van der Waals surface area contributed by atoms with Crippen LogP contribution in [-0.2, 0) is 4.79 Å². The number of carbonyl (C=O) groups is 1. The molecule has 2 fully saturated rings. The Bertz CT molecular complexity index is 167. The van der Waals surface area contributed by atoms with Gasteiger partial charge in [-0.1, -0.05) is 0 Å². The first kappa shape index (κ1) is 6.49. The van der Waals surface area contributed by atoms with Crippen molar-refractivity contribution < 1.29 is 9.90 Å². The molecule has 0 spiro atoms. The van der Waals surface area contributed by atoms with Crippen LogP contribution in [0.4, 0.5) is 0 Å². The zero-order valence-electron chi connectivity index (χ0n) is 5.49. The molecule has 10 heavy (non-hydrogen) atoms. The molecule has 4 heteroatoms. The van der Waals surface area contributed by atoms with Crippen molar-refractivity contribution >= 4 is 17.7 Å². The van der Waals surface area contributed by atoms with Gasteiger partial charge in [-0.3, -0.25) is 4.79 Å². The average molecular weight is 159 g/mol. The SMILES string of the molecule is O=C1C[C@@H]2SCCC(O)N12. The van der Waals surface area contributed by atoms with Gasteiger partial charge in [-0.25, -0.2) is 0 Å². The van der Waals surface area contributed by atoms with E-state index in [0.717, 1.165) is 12.2 Å². The van der Waals surface area contributed by atoms with Crippen molar-refractivity contribution in [1.82, 2.24) is 4.90 Å². The molecule has 1 unspecified atom stereocenters. The Balaban J connectivity index is 2.07. The van der Waals surface area contributed by atoms with Gasteiger partial charge in [-0.05, 0) is 5.75 Å². The summed E-state index contributed by atoms with van der Waals surface area (Å²) in [5.41, 5.74) is 0. The van der Waals surface area contributed by atoms with E-state index in [0.29, 0.717) is 6.42 Å². The Labute approximate surface area is 63.4 Å². The van der Waals surface area contributed by atoms with Crippen LogP contribution in [0.3, 0.4) is 0 Å². The molecule has 0 aliphatic carbocycles. The zero-order chi connectivity index (χ0) is 7.14. The summed E-state index contributed by atoms with van der Waals surface area (Å²) in [5.74, 6) is 1.08. The molecule has 1 N–H and O–H groups in total. The Hall–Kier alpha value is -0.220. The van der Waals surface area contributed by atoms with Gasteiger partial charge in [0.1, 0.15) is 6.23 Å². The molecule has 0 aromatic rings. The minimum absolute atomic E-state index is 0.102. The van der Waals surface area contributed by atoms with Crippen LogP contribution in [0, 0.1) is 0 Å². The molecular formula is C6H9NO2S. The molecule has 0 bridgehead atoms. The number of β-lactam (4-membered cyclic amide) rings is 1. The first-order valence-corrected chi connectivity index (χ1v) is 4.45. The van der Waals surface area contributed by atoms with Crippen molar-refractivity contribution in [2.24, 2.45) is 0 Å². The normalized spacial score (nSPS) is 38.9. The summed E-state index contributed by atoms with van der Waals surface area (Å²) >= 11 is 1.77. The smallest absolute Gasteiger partial charge is 0.228 e. The highest BCUT2D eigenvalue weighted by Crippen LogP contribution is 2.36. The minimum Gasteiger partial charge on any atom is -0.373 e. The molecule has 0 aromatic heterocycles. The monoisotopic (exact) mass is 159 g/mol. The van der Waals surface area contributed by atoms with Crippen LogP contribution in [-0.4, -0.2) is 33.3 Å². The van der Waals surface area contributed by atoms with E-state index in [-0.39, 0.29) is 11.3 Å². The van der Waals surface area contributed by atoms with E-state index in [9.17, 15) is 9.90 Å². The van der Waals surface area contributed by atoms with Gasteiger partial charge in [0, 0.05) is 6.42 Å². The number of thioether (sulfide) groups is 1. The first-order valence-electron chi connectivity index (χ1n) is 3.40. The third kappa shape index (κ3) is 0.754. The molecule has 0 saturated carbocycles. The predicted molar refractivity (Wildman–Crippen MR) is 38.3 cm³/mol. The third-order valence-electron chi connectivity index (χ3n) is 1.95. The van der Waals surface area contributed by atoms with Crippen molar-refractivity contribution in [3.8, 4) is 0 Å². The minimum atomic E-state index is -0.493. The Morgan fingerprint density at radius 3 is 3.00 bits per heavy atom. The van der Waals surface area contributed by atoms with Crippen LogP contribution in [0.15, 0.2) is 0 Å². The number of hydrogen-bond donors (Lipinski definition) is 1. The second kappa shape index (κ2) is 2.13. The molecule has 2 saturated heterocycles. The molecule has 0 radical (unpaired) electrons. The maximum Gasteiger partial charge on any atom is 0.228 e. The fraction of sp³-hybridized carbons (Fsp3) is 0.833. The fourth-order valence-electron chi connectivity index (χ4n) is 1.35. The quantitative estimate of drug-likeness (QED) is 0.506. The lowest BCUT2D eigenvalue weighted by molar-refractivity contribution is -0.157. The number of hydrogen-bond acceptors (Lipinski definition) is 3. The van der Waals surface area contributed by atoms with Crippen molar-refractivity contribution in [3.05, 3.63) is 0 Å². The maximum absolute atomic E-state index is 10.8. The Morgan fingerprint density at radius 1 is 1.70 bits per heavy atom. The third-order valence-corrected chi connectivity index (χ3v) is 3.20. The maximum atomic E-state index is 10.8. The number of aliphatic hydroxyl groups is 1. The standard InChI is InChI=1S/C6H9NO2S/c8-4-1-2-10-6-3-5(9)7(4)6/h4,6,8H,1-3H2/t4?,6-/m0/s1. The van der Waals surface area contributed by atoms with E-state index in [4.69, 9.17) is 0 Å². The number of carbonyl (C=O) groups excluding carboxylic acids is 1. The van der Waals surface area contributed by atoms with Gasteiger partial charge >= 0.3 is 0 Å². The Kier molecular flexibility index (Phi) is 1.38. The lowest BCUT2D eigenvalue weighted by atomic mass is 10.1. The number of nitrogens with zero attached hydrogens (tertiary/aromatic N) is 1. The number of rotatable bonds is 0. The molecule has 2 atom stereocenters. The van der Waals surface area contributed by atoms with Crippen LogP contribution >= 0.6 is 11.8 Å². The van der Waals surface area contributed by atoms with E-state index in [1.54, 1.807) is 16.7 Å². The molecule has 56 valence electrons. The average Bonchev–Trinajstić information content (AvgIpc) is 1.85. The van der Waals surface area contributed by atoms with E-state index in [2.05, 4.69) is 0 Å². The van der Waals surface area contributed by atoms with Crippen LogP contribution < -0.4 is 0 Å². The van der Waals surface area contributed by atoms with Crippen molar-refractivity contribution in [3.63, 3.8) is 0 Å². The molecule has 3 nitrogen and oxygen atoms in total. The van der Waals surface area contributed by atoms with E-state index in [1.165, 1.54) is 0 Å². The zero-order valence-corrected chi connectivity index (χ0v) is 6.30. The highest BCUT2D eigenvalue weighted by atomic mass is 32.2. The number of fused-ring (bicyclic) bond motifs is 1. The summed E-state index contributed by atoms with van der Waals surface area (Å²) in [5, 5.41) is 9.55. The van der Waals surface area contributed by atoms with Gasteiger partial charge in [-0.15, -0.1) is 11.8 Å². The molecule has 2 aliphatic rings. The van der Waals surface area contributed by atoms with Crippen molar-refractivity contribution in [1.29, 1.82) is 0 Å². The van der Waals surface area contributed by atoms with E-state index >= 15 is 0 Å².